The number of hydrogen-bond acceptors (Lipinski definition) is 3. The summed E-state index contributed by atoms with van der Waals surface area (Å²) in [5, 5.41) is 8.64. The van der Waals surface area contributed by atoms with E-state index in [1.54, 1.807) is 12.3 Å². The molecule has 2 aliphatic rings. The summed E-state index contributed by atoms with van der Waals surface area (Å²) in [5.41, 5.74) is 0.856. The second-order valence-corrected chi connectivity index (χ2v) is 2.24. The summed E-state index contributed by atoms with van der Waals surface area (Å²) in [6.45, 7) is 0.570. The van der Waals surface area contributed by atoms with Crippen LogP contribution in [0.4, 0.5) is 0 Å². The Morgan fingerprint density at radius 2 is 2.55 bits per heavy atom. The number of hydrogen-bond donors (Lipinski definition) is 0. The third-order valence-corrected chi connectivity index (χ3v) is 1.62. The summed E-state index contributed by atoms with van der Waals surface area (Å²) in [6.07, 6.45) is 9.28. The third kappa shape index (κ3) is 0.802. The first-order valence-electron chi connectivity index (χ1n) is 3.32. The minimum absolute atomic E-state index is 0.570. The van der Waals surface area contributed by atoms with Crippen molar-refractivity contribution in [2.45, 2.75) is 0 Å². The van der Waals surface area contributed by atoms with Crippen molar-refractivity contribution in [3.05, 3.63) is 35.9 Å². The molecule has 0 aromatic rings. The Hall–Kier alpha value is -1.69. The average Bonchev–Trinajstić information content (AvgIpc) is 2.50. The largest absolute Gasteiger partial charge is 0.487 e. The van der Waals surface area contributed by atoms with E-state index in [2.05, 4.69) is 0 Å². The van der Waals surface area contributed by atoms with Crippen LogP contribution in [-0.4, -0.2) is 11.5 Å². The molecule has 3 nitrogen and oxygen atoms in total. The number of allylic oxidation sites excluding steroid dienone is 2. The normalized spacial score (nSPS) is 19.7. The van der Waals surface area contributed by atoms with Gasteiger partial charge in [0.25, 0.3) is 0 Å². The molecule has 0 aliphatic carbocycles. The molecule has 0 unspecified atom stereocenters. The second-order valence-electron chi connectivity index (χ2n) is 2.24. The predicted octanol–water partition coefficient (Wildman–Crippen LogP) is 1.09. The van der Waals surface area contributed by atoms with Crippen LogP contribution in [0.2, 0.25) is 0 Å². The van der Waals surface area contributed by atoms with E-state index in [9.17, 15) is 0 Å². The second kappa shape index (κ2) is 2.17. The summed E-state index contributed by atoms with van der Waals surface area (Å²) in [5.74, 6) is 0.786. The first-order chi connectivity index (χ1) is 5.42. The van der Waals surface area contributed by atoms with Gasteiger partial charge in [0.05, 0.1) is 5.70 Å². The van der Waals surface area contributed by atoms with Gasteiger partial charge in [0, 0.05) is 6.20 Å². The van der Waals surface area contributed by atoms with Crippen molar-refractivity contribution >= 4 is 0 Å². The van der Waals surface area contributed by atoms with Crippen molar-refractivity contribution < 1.29 is 4.74 Å². The van der Waals surface area contributed by atoms with Crippen molar-refractivity contribution in [1.29, 1.82) is 5.26 Å². The van der Waals surface area contributed by atoms with Gasteiger partial charge in [0.15, 0.2) is 6.19 Å². The molecule has 0 aromatic heterocycles. The first-order valence-corrected chi connectivity index (χ1v) is 3.32. The molecule has 0 aromatic carbocycles. The van der Waals surface area contributed by atoms with Crippen LogP contribution < -0.4 is 0 Å². The van der Waals surface area contributed by atoms with Crippen LogP contribution in [0, 0.1) is 11.5 Å². The zero-order chi connectivity index (χ0) is 7.68. The molecule has 2 rings (SSSR count). The van der Waals surface area contributed by atoms with E-state index in [4.69, 9.17) is 10.00 Å². The zero-order valence-electron chi connectivity index (χ0n) is 5.82. The maximum atomic E-state index is 8.64. The van der Waals surface area contributed by atoms with Gasteiger partial charge in [-0.15, -0.1) is 0 Å². The Morgan fingerprint density at radius 3 is 3.36 bits per heavy atom. The van der Waals surface area contributed by atoms with Gasteiger partial charge in [-0.1, -0.05) is 0 Å². The number of ether oxygens (including phenoxy) is 1. The Bertz CT molecular complexity index is 307. The molecule has 0 radical (unpaired) electrons. The molecule has 11 heavy (non-hydrogen) atoms. The monoisotopic (exact) mass is 146 g/mol. The Balaban J connectivity index is 2.39. The molecule has 3 heteroatoms. The Labute approximate surface area is 64.5 Å². The van der Waals surface area contributed by atoms with Crippen LogP contribution in [0.25, 0.3) is 0 Å². The molecule has 0 saturated heterocycles. The fourth-order valence-corrected chi connectivity index (χ4v) is 1.12. The highest BCUT2D eigenvalue weighted by Crippen LogP contribution is 2.24. The molecule has 2 aliphatic heterocycles. The predicted molar refractivity (Wildman–Crippen MR) is 38.7 cm³/mol. The Morgan fingerprint density at radius 1 is 1.64 bits per heavy atom. The van der Waals surface area contributed by atoms with E-state index in [0.717, 1.165) is 11.5 Å². The van der Waals surface area contributed by atoms with Crippen molar-refractivity contribution in [1.82, 2.24) is 4.90 Å². The summed E-state index contributed by atoms with van der Waals surface area (Å²) < 4.78 is 5.21. The highest BCUT2D eigenvalue weighted by molar-refractivity contribution is 5.38. The molecule has 0 saturated carbocycles. The zero-order valence-corrected chi connectivity index (χ0v) is 5.82. The van der Waals surface area contributed by atoms with Gasteiger partial charge in [-0.05, 0) is 18.2 Å². The smallest absolute Gasteiger partial charge is 0.188 e. The van der Waals surface area contributed by atoms with Gasteiger partial charge >= 0.3 is 0 Å². The quantitative estimate of drug-likeness (QED) is 0.480. The molecule has 0 fully saturated rings. The van der Waals surface area contributed by atoms with Gasteiger partial charge in [0.2, 0.25) is 0 Å². The number of rotatable bonds is 0. The van der Waals surface area contributed by atoms with Crippen molar-refractivity contribution in [3.8, 4) is 6.19 Å². The van der Waals surface area contributed by atoms with E-state index in [1.807, 2.05) is 18.3 Å². The molecule has 0 bridgehead atoms. The van der Waals surface area contributed by atoms with E-state index >= 15 is 0 Å². The molecule has 0 spiro atoms. The average molecular weight is 146 g/mol. The topological polar surface area (TPSA) is 36.3 Å². The minimum atomic E-state index is 0.570. The van der Waals surface area contributed by atoms with Crippen LogP contribution in [0.15, 0.2) is 35.9 Å². The molecule has 54 valence electrons. The third-order valence-electron chi connectivity index (χ3n) is 1.62. The molecule has 0 N–H and O–H groups in total. The fourth-order valence-electron chi connectivity index (χ4n) is 1.12. The standard InChI is InChI=1S/C8H6N2O/c9-6-10-4-1-2-8-7(10)3-5-11-8/h1-4H,5H2. The lowest BCUT2D eigenvalue weighted by molar-refractivity contribution is 0.269. The van der Waals surface area contributed by atoms with Crippen molar-refractivity contribution in [2.75, 3.05) is 6.61 Å². The van der Waals surface area contributed by atoms with E-state index in [1.165, 1.54) is 4.90 Å². The number of nitriles is 1. The van der Waals surface area contributed by atoms with Crippen LogP contribution in [0.5, 0.6) is 0 Å². The summed E-state index contributed by atoms with van der Waals surface area (Å²) in [7, 11) is 0. The van der Waals surface area contributed by atoms with Crippen molar-refractivity contribution in [3.63, 3.8) is 0 Å². The SMILES string of the molecule is N#CN1C=CC=C2OCC=C21. The summed E-state index contributed by atoms with van der Waals surface area (Å²) in [6, 6.07) is 0. The van der Waals surface area contributed by atoms with E-state index in [0.29, 0.717) is 6.61 Å². The lowest BCUT2D eigenvalue weighted by atomic mass is 10.2. The van der Waals surface area contributed by atoms with Crippen LogP contribution in [0.3, 0.4) is 0 Å². The number of nitrogens with zero attached hydrogens (tertiary/aromatic N) is 2. The summed E-state index contributed by atoms with van der Waals surface area (Å²) >= 11 is 0. The lowest BCUT2D eigenvalue weighted by Crippen LogP contribution is -2.11. The van der Waals surface area contributed by atoms with Gasteiger partial charge < -0.3 is 4.74 Å². The van der Waals surface area contributed by atoms with E-state index in [-0.39, 0.29) is 0 Å². The Kier molecular flexibility index (Phi) is 1.19. The maximum Gasteiger partial charge on any atom is 0.188 e. The number of fused-ring (bicyclic) bond motifs is 1. The van der Waals surface area contributed by atoms with Gasteiger partial charge in [-0.25, -0.2) is 0 Å². The first kappa shape index (κ1) is 6.05. The van der Waals surface area contributed by atoms with Crippen LogP contribution in [-0.2, 0) is 4.74 Å². The lowest BCUT2D eigenvalue weighted by Gasteiger charge is -2.14. The molecular weight excluding hydrogens is 140 g/mol. The fraction of sp³-hybridized carbons (Fsp3) is 0.125. The highest BCUT2D eigenvalue weighted by atomic mass is 16.5. The van der Waals surface area contributed by atoms with Crippen LogP contribution in [0.1, 0.15) is 0 Å². The maximum absolute atomic E-state index is 8.64. The van der Waals surface area contributed by atoms with Crippen molar-refractivity contribution in [2.24, 2.45) is 0 Å². The molecule has 0 amide bonds. The van der Waals surface area contributed by atoms with Gasteiger partial charge in [-0.3, -0.25) is 4.90 Å². The highest BCUT2D eigenvalue weighted by Gasteiger charge is 2.19. The summed E-state index contributed by atoms with van der Waals surface area (Å²) in [4.78, 5) is 1.49. The minimum Gasteiger partial charge on any atom is -0.487 e. The van der Waals surface area contributed by atoms with Gasteiger partial charge in [-0.2, -0.15) is 5.26 Å². The molecule has 0 atom stereocenters. The van der Waals surface area contributed by atoms with Crippen LogP contribution >= 0.6 is 0 Å². The van der Waals surface area contributed by atoms with E-state index < -0.39 is 0 Å². The van der Waals surface area contributed by atoms with Gasteiger partial charge in [0.1, 0.15) is 12.4 Å². The molecule has 2 heterocycles. The molecular formula is C8H6N2O.